The summed E-state index contributed by atoms with van der Waals surface area (Å²) in [5.74, 6) is -1.34. The highest BCUT2D eigenvalue weighted by atomic mass is 35.5. The molecule has 0 amide bonds. The lowest BCUT2D eigenvalue weighted by Gasteiger charge is -2.30. The molecule has 0 bridgehead atoms. The van der Waals surface area contributed by atoms with Crippen molar-refractivity contribution in [2.24, 2.45) is 5.73 Å². The van der Waals surface area contributed by atoms with Crippen LogP contribution in [0.5, 0.6) is 0 Å². The summed E-state index contributed by atoms with van der Waals surface area (Å²) in [6.45, 7) is 0.495. The Morgan fingerprint density at radius 2 is 2.05 bits per heavy atom. The lowest BCUT2D eigenvalue weighted by Crippen LogP contribution is -2.45. The maximum absolute atomic E-state index is 12.6. The lowest BCUT2D eigenvalue weighted by molar-refractivity contribution is 0.0697. The van der Waals surface area contributed by atoms with Gasteiger partial charge < -0.3 is 10.8 Å². The van der Waals surface area contributed by atoms with Crippen LogP contribution in [0.25, 0.3) is 0 Å². The molecule has 6 nitrogen and oxygen atoms in total. The number of rotatable bonds is 3. The summed E-state index contributed by atoms with van der Waals surface area (Å²) in [7, 11) is -3.93. The van der Waals surface area contributed by atoms with Gasteiger partial charge in [0, 0.05) is 24.2 Å². The molecule has 1 aromatic rings. The minimum atomic E-state index is -3.93. The van der Waals surface area contributed by atoms with E-state index in [1.807, 2.05) is 0 Å². The molecule has 116 valence electrons. The number of hydrogen-bond acceptors (Lipinski definition) is 4. The van der Waals surface area contributed by atoms with Crippen molar-refractivity contribution in [2.75, 3.05) is 13.1 Å². The predicted octanol–water partition coefficient (Wildman–Crippen LogP) is 1.80. The maximum Gasteiger partial charge on any atom is 0.337 e. The van der Waals surface area contributed by atoms with Crippen LogP contribution in [0.3, 0.4) is 0 Å². The third-order valence-electron chi connectivity index (χ3n) is 3.27. The average Bonchev–Trinajstić information content (AvgIpc) is 2.40. The van der Waals surface area contributed by atoms with Crippen LogP contribution in [0.2, 0.25) is 10.0 Å². The second kappa shape index (κ2) is 6.10. The molecule has 0 saturated carbocycles. The molecule has 0 spiro atoms. The van der Waals surface area contributed by atoms with E-state index >= 15 is 0 Å². The second-order valence-corrected chi connectivity index (χ2v) is 7.56. The van der Waals surface area contributed by atoms with Crippen LogP contribution in [0.4, 0.5) is 0 Å². The van der Waals surface area contributed by atoms with Crippen LogP contribution in [-0.2, 0) is 10.0 Å². The molecule has 21 heavy (non-hydrogen) atoms. The Kier molecular flexibility index (Phi) is 4.79. The van der Waals surface area contributed by atoms with Crippen molar-refractivity contribution >= 4 is 39.2 Å². The smallest absolute Gasteiger partial charge is 0.337 e. The predicted molar refractivity (Wildman–Crippen MR) is 79.4 cm³/mol. The lowest BCUT2D eigenvalue weighted by atomic mass is 10.1. The van der Waals surface area contributed by atoms with Crippen molar-refractivity contribution < 1.29 is 18.3 Å². The van der Waals surface area contributed by atoms with Gasteiger partial charge in [-0.05, 0) is 25.0 Å². The zero-order chi connectivity index (χ0) is 15.8. The van der Waals surface area contributed by atoms with Gasteiger partial charge >= 0.3 is 5.97 Å². The number of aromatic carboxylic acids is 1. The van der Waals surface area contributed by atoms with Crippen LogP contribution >= 0.6 is 23.2 Å². The van der Waals surface area contributed by atoms with Crippen molar-refractivity contribution in [3.63, 3.8) is 0 Å². The van der Waals surface area contributed by atoms with Crippen LogP contribution in [0, 0.1) is 0 Å². The number of sulfonamides is 1. The molecule has 1 heterocycles. The van der Waals surface area contributed by atoms with E-state index in [-0.39, 0.29) is 33.1 Å². The Hall–Kier alpha value is -0.860. The minimum Gasteiger partial charge on any atom is -0.478 e. The Morgan fingerprint density at radius 3 is 2.62 bits per heavy atom. The number of benzene rings is 1. The first-order valence-electron chi connectivity index (χ1n) is 6.21. The van der Waals surface area contributed by atoms with E-state index in [9.17, 15) is 13.2 Å². The van der Waals surface area contributed by atoms with Gasteiger partial charge in [0.2, 0.25) is 10.0 Å². The summed E-state index contributed by atoms with van der Waals surface area (Å²) in [6, 6.07) is 2.03. The number of hydrogen-bond donors (Lipinski definition) is 2. The zero-order valence-electron chi connectivity index (χ0n) is 10.9. The summed E-state index contributed by atoms with van der Waals surface area (Å²) in [6.07, 6.45) is 1.39. The Labute approximate surface area is 132 Å². The largest absolute Gasteiger partial charge is 0.478 e. The number of nitrogens with zero attached hydrogens (tertiary/aromatic N) is 1. The fraction of sp³-hybridized carbons (Fsp3) is 0.417. The Balaban J connectivity index is 2.52. The van der Waals surface area contributed by atoms with E-state index in [0.717, 1.165) is 18.6 Å². The van der Waals surface area contributed by atoms with Gasteiger partial charge in [-0.3, -0.25) is 0 Å². The van der Waals surface area contributed by atoms with Crippen molar-refractivity contribution in [1.29, 1.82) is 0 Å². The van der Waals surface area contributed by atoms with E-state index in [1.54, 1.807) is 0 Å². The van der Waals surface area contributed by atoms with Crippen LogP contribution in [-0.4, -0.2) is 42.9 Å². The first kappa shape index (κ1) is 16.5. The first-order valence-corrected chi connectivity index (χ1v) is 8.41. The molecule has 3 N–H and O–H groups in total. The maximum atomic E-state index is 12.6. The molecular formula is C12H14Cl2N2O4S. The number of carboxylic acids is 1. The highest BCUT2D eigenvalue weighted by Gasteiger charge is 2.32. The Morgan fingerprint density at radius 1 is 1.38 bits per heavy atom. The SMILES string of the molecule is NC1CCCN(S(=O)(=O)c2cc(Cl)cc(C(=O)O)c2Cl)C1. The van der Waals surface area contributed by atoms with Crippen molar-refractivity contribution in [3.05, 3.63) is 27.7 Å². The molecule has 1 aliphatic heterocycles. The molecule has 1 fully saturated rings. The van der Waals surface area contributed by atoms with Gasteiger partial charge in [-0.2, -0.15) is 4.31 Å². The monoisotopic (exact) mass is 352 g/mol. The third-order valence-corrected chi connectivity index (χ3v) is 5.90. The van der Waals surface area contributed by atoms with Gasteiger partial charge in [0.25, 0.3) is 0 Å². The average molecular weight is 353 g/mol. The van der Waals surface area contributed by atoms with E-state index < -0.39 is 16.0 Å². The number of carbonyl (C=O) groups is 1. The molecule has 0 aliphatic carbocycles. The number of carboxylic acid groups (broad SMARTS) is 1. The highest BCUT2D eigenvalue weighted by molar-refractivity contribution is 7.89. The molecule has 0 radical (unpaired) electrons. The molecule has 1 aliphatic rings. The minimum absolute atomic E-state index is 0.00307. The van der Waals surface area contributed by atoms with Crippen LogP contribution in [0.1, 0.15) is 23.2 Å². The fourth-order valence-electron chi connectivity index (χ4n) is 2.24. The molecule has 1 unspecified atom stereocenters. The standard InChI is InChI=1S/C12H14Cl2N2O4S/c13-7-4-9(12(17)18)11(14)10(5-7)21(19,20)16-3-1-2-8(15)6-16/h4-5,8H,1-3,6,15H2,(H,17,18). The number of piperidine rings is 1. The summed E-state index contributed by atoms with van der Waals surface area (Å²) >= 11 is 11.7. The van der Waals surface area contributed by atoms with Gasteiger partial charge in [-0.15, -0.1) is 0 Å². The topological polar surface area (TPSA) is 101 Å². The zero-order valence-corrected chi connectivity index (χ0v) is 13.2. The molecule has 1 aromatic carbocycles. The molecule has 2 rings (SSSR count). The highest BCUT2D eigenvalue weighted by Crippen LogP contribution is 2.32. The molecule has 0 aromatic heterocycles. The first-order chi connectivity index (χ1) is 9.73. The van der Waals surface area contributed by atoms with E-state index in [0.29, 0.717) is 13.0 Å². The summed E-state index contributed by atoms with van der Waals surface area (Å²) in [4.78, 5) is 10.8. The normalized spacial score (nSPS) is 20.4. The summed E-state index contributed by atoms with van der Waals surface area (Å²) in [5, 5.41) is 8.72. The van der Waals surface area contributed by atoms with Crippen LogP contribution in [0.15, 0.2) is 17.0 Å². The molecule has 9 heteroatoms. The van der Waals surface area contributed by atoms with E-state index in [1.165, 1.54) is 4.31 Å². The number of halogens is 2. The number of nitrogens with two attached hydrogens (primary N) is 1. The van der Waals surface area contributed by atoms with Crippen molar-refractivity contribution in [3.8, 4) is 0 Å². The summed E-state index contributed by atoms with van der Waals surface area (Å²) in [5.41, 5.74) is 5.44. The van der Waals surface area contributed by atoms with E-state index in [4.69, 9.17) is 34.0 Å². The van der Waals surface area contributed by atoms with Gasteiger partial charge in [0.05, 0.1) is 10.6 Å². The Bertz CT molecular complexity index is 678. The van der Waals surface area contributed by atoms with Gasteiger partial charge in [0.15, 0.2) is 0 Å². The molecular weight excluding hydrogens is 339 g/mol. The molecule has 1 saturated heterocycles. The van der Waals surface area contributed by atoms with Crippen molar-refractivity contribution in [2.45, 2.75) is 23.8 Å². The quantitative estimate of drug-likeness (QED) is 0.863. The van der Waals surface area contributed by atoms with Gasteiger partial charge in [-0.1, -0.05) is 23.2 Å². The molecule has 1 atom stereocenters. The van der Waals surface area contributed by atoms with Crippen LogP contribution < -0.4 is 5.73 Å². The van der Waals surface area contributed by atoms with E-state index in [2.05, 4.69) is 0 Å². The van der Waals surface area contributed by atoms with Crippen molar-refractivity contribution in [1.82, 2.24) is 4.31 Å². The van der Waals surface area contributed by atoms with Gasteiger partial charge in [-0.25, -0.2) is 13.2 Å². The third kappa shape index (κ3) is 3.32. The summed E-state index contributed by atoms with van der Waals surface area (Å²) < 4.78 is 26.4. The fourth-order valence-corrected chi connectivity index (χ4v) is 4.65. The van der Waals surface area contributed by atoms with Gasteiger partial charge in [0.1, 0.15) is 4.90 Å². The second-order valence-electron chi connectivity index (χ2n) is 4.84.